The molecule has 0 bridgehead atoms. The zero-order chi connectivity index (χ0) is 18.5. The van der Waals surface area contributed by atoms with Gasteiger partial charge in [-0.05, 0) is 26.0 Å². The standard InChI is InChI=1S/C19H22N4O4/c1-3-25-19(24)16-17(21-23-7-6-11(2)27-18(16)23)12-4-5-15(20-8-12)22-9-14-13(22)10-26-14/h4-5,8,11,13-14H,3,6-7,9-10H2,1-2H3. The maximum atomic E-state index is 12.6. The molecular formula is C19H22N4O4. The van der Waals surface area contributed by atoms with Crippen molar-refractivity contribution >= 4 is 11.8 Å². The number of rotatable bonds is 4. The van der Waals surface area contributed by atoms with E-state index in [0.29, 0.717) is 42.4 Å². The summed E-state index contributed by atoms with van der Waals surface area (Å²) in [6, 6.07) is 4.38. The van der Waals surface area contributed by atoms with E-state index in [1.807, 2.05) is 19.1 Å². The first-order valence-electron chi connectivity index (χ1n) is 9.45. The molecule has 2 fully saturated rings. The topological polar surface area (TPSA) is 78.7 Å². The van der Waals surface area contributed by atoms with Gasteiger partial charge < -0.3 is 19.1 Å². The van der Waals surface area contributed by atoms with Crippen molar-refractivity contribution in [3.05, 3.63) is 23.9 Å². The molecule has 27 heavy (non-hydrogen) atoms. The van der Waals surface area contributed by atoms with Gasteiger partial charge in [0.25, 0.3) is 0 Å². The summed E-state index contributed by atoms with van der Waals surface area (Å²) < 4.78 is 18.4. The highest BCUT2D eigenvalue weighted by molar-refractivity contribution is 5.98. The minimum Gasteiger partial charge on any atom is -0.474 e. The molecule has 2 aromatic rings. The summed E-state index contributed by atoms with van der Waals surface area (Å²) in [4.78, 5) is 19.4. The van der Waals surface area contributed by atoms with Gasteiger partial charge in [-0.3, -0.25) is 0 Å². The molecule has 5 rings (SSSR count). The van der Waals surface area contributed by atoms with Gasteiger partial charge in [0, 0.05) is 31.3 Å². The molecule has 0 radical (unpaired) electrons. The Morgan fingerprint density at radius 1 is 1.41 bits per heavy atom. The van der Waals surface area contributed by atoms with Crippen molar-refractivity contribution < 1.29 is 19.0 Å². The Morgan fingerprint density at radius 2 is 2.30 bits per heavy atom. The molecule has 142 valence electrons. The van der Waals surface area contributed by atoms with E-state index in [1.165, 1.54) is 0 Å². The van der Waals surface area contributed by atoms with Gasteiger partial charge in [0.15, 0.2) is 0 Å². The third-order valence-corrected chi connectivity index (χ3v) is 5.45. The third kappa shape index (κ3) is 2.58. The van der Waals surface area contributed by atoms with Crippen molar-refractivity contribution in [3.63, 3.8) is 0 Å². The van der Waals surface area contributed by atoms with Crippen LogP contribution < -0.4 is 9.64 Å². The summed E-state index contributed by atoms with van der Waals surface area (Å²) >= 11 is 0. The Morgan fingerprint density at radius 3 is 2.93 bits per heavy atom. The number of ether oxygens (including phenoxy) is 3. The highest BCUT2D eigenvalue weighted by atomic mass is 16.5. The van der Waals surface area contributed by atoms with Gasteiger partial charge in [-0.15, -0.1) is 0 Å². The molecule has 0 amide bonds. The Balaban J connectivity index is 1.49. The number of nitrogens with zero attached hydrogens (tertiary/aromatic N) is 4. The number of pyridine rings is 1. The second-order valence-corrected chi connectivity index (χ2v) is 7.19. The van der Waals surface area contributed by atoms with E-state index in [0.717, 1.165) is 31.0 Å². The molecule has 0 N–H and O–H groups in total. The van der Waals surface area contributed by atoms with Gasteiger partial charge in [-0.25, -0.2) is 14.5 Å². The van der Waals surface area contributed by atoms with Gasteiger partial charge in [-0.2, -0.15) is 5.10 Å². The van der Waals surface area contributed by atoms with E-state index in [2.05, 4.69) is 15.0 Å². The molecule has 3 aliphatic heterocycles. The number of morpholine rings is 1. The quantitative estimate of drug-likeness (QED) is 0.760. The summed E-state index contributed by atoms with van der Waals surface area (Å²) in [5.41, 5.74) is 1.72. The molecule has 5 heterocycles. The van der Waals surface area contributed by atoms with Crippen LogP contribution in [-0.4, -0.2) is 58.7 Å². The number of carbonyl (C=O) groups excluding carboxylic acids is 1. The lowest BCUT2D eigenvalue weighted by Crippen LogP contribution is -2.71. The first-order chi connectivity index (χ1) is 13.2. The Bertz CT molecular complexity index is 879. The van der Waals surface area contributed by atoms with Crippen LogP contribution in [0.4, 0.5) is 5.82 Å². The number of aromatic nitrogens is 3. The molecule has 2 saturated heterocycles. The first-order valence-corrected chi connectivity index (χ1v) is 9.45. The molecule has 0 aliphatic carbocycles. The van der Waals surface area contributed by atoms with Gasteiger partial charge in [0.1, 0.15) is 17.1 Å². The number of hydrogen-bond acceptors (Lipinski definition) is 7. The van der Waals surface area contributed by atoms with Gasteiger partial charge in [0.2, 0.25) is 5.88 Å². The maximum Gasteiger partial charge on any atom is 0.345 e. The zero-order valence-corrected chi connectivity index (χ0v) is 15.4. The van der Waals surface area contributed by atoms with E-state index in [1.54, 1.807) is 17.8 Å². The summed E-state index contributed by atoms with van der Waals surface area (Å²) in [6.45, 7) is 6.45. The molecule has 2 aromatic heterocycles. The minimum absolute atomic E-state index is 0.0415. The van der Waals surface area contributed by atoms with Crippen LogP contribution in [0.15, 0.2) is 18.3 Å². The van der Waals surface area contributed by atoms with Gasteiger partial charge >= 0.3 is 5.97 Å². The van der Waals surface area contributed by atoms with Crippen LogP contribution in [0, 0.1) is 0 Å². The van der Waals surface area contributed by atoms with Crippen LogP contribution in [-0.2, 0) is 16.0 Å². The van der Waals surface area contributed by atoms with Crippen molar-refractivity contribution in [2.75, 3.05) is 24.7 Å². The predicted molar refractivity (Wildman–Crippen MR) is 97.0 cm³/mol. The third-order valence-electron chi connectivity index (χ3n) is 5.45. The number of aryl methyl sites for hydroxylation is 1. The molecule has 0 spiro atoms. The average molecular weight is 370 g/mol. The second-order valence-electron chi connectivity index (χ2n) is 7.19. The molecule has 3 atom stereocenters. The molecular weight excluding hydrogens is 348 g/mol. The fourth-order valence-corrected chi connectivity index (χ4v) is 3.79. The molecule has 0 aromatic carbocycles. The number of carbonyl (C=O) groups is 1. The largest absolute Gasteiger partial charge is 0.474 e. The van der Waals surface area contributed by atoms with Crippen LogP contribution in [0.1, 0.15) is 30.6 Å². The molecule has 8 heteroatoms. The summed E-state index contributed by atoms with van der Waals surface area (Å²) in [6.07, 6.45) is 3.02. The Hall–Kier alpha value is -2.61. The van der Waals surface area contributed by atoms with E-state index in [4.69, 9.17) is 14.2 Å². The van der Waals surface area contributed by atoms with Gasteiger partial charge in [-0.1, -0.05) is 0 Å². The lowest BCUT2D eigenvalue weighted by Gasteiger charge is -2.55. The van der Waals surface area contributed by atoms with E-state index in [9.17, 15) is 4.79 Å². The van der Waals surface area contributed by atoms with Crippen LogP contribution in [0.3, 0.4) is 0 Å². The van der Waals surface area contributed by atoms with Crippen molar-refractivity contribution in [2.24, 2.45) is 0 Å². The van der Waals surface area contributed by atoms with E-state index >= 15 is 0 Å². The normalized spacial score (nSPS) is 25.6. The fraction of sp³-hybridized carbons (Fsp3) is 0.526. The maximum absolute atomic E-state index is 12.6. The monoisotopic (exact) mass is 370 g/mol. The number of anilines is 1. The van der Waals surface area contributed by atoms with Crippen molar-refractivity contribution in [1.82, 2.24) is 14.8 Å². The van der Waals surface area contributed by atoms with Crippen molar-refractivity contribution in [2.45, 2.75) is 45.1 Å². The van der Waals surface area contributed by atoms with Crippen molar-refractivity contribution in [3.8, 4) is 17.1 Å². The summed E-state index contributed by atoms with van der Waals surface area (Å²) in [5.74, 6) is 1.00. The van der Waals surface area contributed by atoms with Gasteiger partial charge in [0.05, 0.1) is 31.5 Å². The number of hydrogen-bond donors (Lipinski definition) is 0. The smallest absolute Gasteiger partial charge is 0.345 e. The molecule has 3 unspecified atom stereocenters. The fourth-order valence-electron chi connectivity index (χ4n) is 3.79. The summed E-state index contributed by atoms with van der Waals surface area (Å²) in [5, 5.41) is 4.62. The minimum atomic E-state index is -0.413. The summed E-state index contributed by atoms with van der Waals surface area (Å²) in [7, 11) is 0. The Labute approximate surface area is 157 Å². The SMILES string of the molecule is CCOC(=O)c1c(-c2ccc(N3CC4OCC43)nc2)nn2c1OC(C)CC2. The van der Waals surface area contributed by atoms with Crippen LogP contribution >= 0.6 is 0 Å². The molecule has 0 saturated carbocycles. The van der Waals surface area contributed by atoms with E-state index in [-0.39, 0.29) is 6.10 Å². The lowest BCUT2D eigenvalue weighted by molar-refractivity contribution is -0.113. The van der Waals surface area contributed by atoms with Crippen LogP contribution in [0.5, 0.6) is 5.88 Å². The molecule has 3 aliphatic rings. The van der Waals surface area contributed by atoms with E-state index < -0.39 is 5.97 Å². The first kappa shape index (κ1) is 16.6. The highest BCUT2D eigenvalue weighted by Crippen LogP contribution is 2.37. The second kappa shape index (κ2) is 6.23. The predicted octanol–water partition coefficient (Wildman–Crippen LogP) is 1.88. The Kier molecular flexibility index (Phi) is 3.82. The van der Waals surface area contributed by atoms with Crippen LogP contribution in [0.25, 0.3) is 11.3 Å². The highest BCUT2D eigenvalue weighted by Gasteiger charge is 2.47. The lowest BCUT2D eigenvalue weighted by atomic mass is 9.95. The van der Waals surface area contributed by atoms with Crippen LogP contribution in [0.2, 0.25) is 0 Å². The molecule has 8 nitrogen and oxygen atoms in total. The zero-order valence-electron chi connectivity index (χ0n) is 15.4. The number of fused-ring (bicyclic) bond motifs is 2. The average Bonchev–Trinajstić information content (AvgIpc) is 3.03. The number of esters is 1. The van der Waals surface area contributed by atoms with Crippen molar-refractivity contribution in [1.29, 1.82) is 0 Å².